The fraction of sp³-hybridized carbons (Fsp3) is 0.316. The standard InChI is InChI=1S/C19H19FN2O3S/c20-15-12-16-13(7-8-18(23)21-16)11-17(15)26(24,25)22-19(9-4-10-19)14-5-2-1-3-6-14/h1-3,5-6,11-12,22H,4,7-10H2,(H,21,23). The van der Waals surface area contributed by atoms with Crippen LogP contribution >= 0.6 is 0 Å². The van der Waals surface area contributed by atoms with Gasteiger partial charge in [0.15, 0.2) is 0 Å². The van der Waals surface area contributed by atoms with E-state index in [0.29, 0.717) is 30.5 Å². The molecule has 0 unspecified atom stereocenters. The quantitative estimate of drug-likeness (QED) is 0.864. The third-order valence-corrected chi connectivity index (χ3v) is 6.76. The van der Waals surface area contributed by atoms with Crippen molar-refractivity contribution in [1.29, 1.82) is 0 Å². The number of benzene rings is 2. The molecular formula is C19H19FN2O3S. The van der Waals surface area contributed by atoms with Gasteiger partial charge >= 0.3 is 0 Å². The summed E-state index contributed by atoms with van der Waals surface area (Å²) in [4.78, 5) is 11.1. The molecule has 1 aliphatic heterocycles. The Morgan fingerprint density at radius 2 is 1.81 bits per heavy atom. The molecule has 136 valence electrons. The van der Waals surface area contributed by atoms with Crippen molar-refractivity contribution in [2.24, 2.45) is 0 Å². The zero-order chi connectivity index (χ0) is 18.4. The molecule has 26 heavy (non-hydrogen) atoms. The Bertz CT molecular complexity index is 970. The molecule has 4 rings (SSSR count). The molecule has 2 aromatic rings. The van der Waals surface area contributed by atoms with E-state index < -0.39 is 21.4 Å². The van der Waals surface area contributed by atoms with E-state index >= 15 is 0 Å². The second kappa shape index (κ2) is 6.17. The molecule has 0 saturated heterocycles. The Kier molecular flexibility index (Phi) is 4.08. The third kappa shape index (κ3) is 2.91. The molecule has 0 radical (unpaired) electrons. The summed E-state index contributed by atoms with van der Waals surface area (Å²) in [6, 6.07) is 11.8. The molecule has 0 aromatic heterocycles. The van der Waals surface area contributed by atoms with Gasteiger partial charge in [-0.1, -0.05) is 30.3 Å². The SMILES string of the molecule is O=C1CCc2cc(S(=O)(=O)NC3(c4ccccc4)CCC3)c(F)cc2N1. The topological polar surface area (TPSA) is 75.3 Å². The van der Waals surface area contributed by atoms with Gasteiger partial charge in [0.25, 0.3) is 0 Å². The summed E-state index contributed by atoms with van der Waals surface area (Å²) < 4.78 is 43.2. The minimum atomic E-state index is -4.04. The van der Waals surface area contributed by atoms with Gasteiger partial charge < -0.3 is 5.32 Å². The molecule has 2 N–H and O–H groups in total. The Morgan fingerprint density at radius 3 is 2.46 bits per heavy atom. The van der Waals surface area contributed by atoms with E-state index in [1.54, 1.807) is 0 Å². The zero-order valence-electron chi connectivity index (χ0n) is 14.1. The van der Waals surface area contributed by atoms with Gasteiger partial charge in [0.05, 0.1) is 5.54 Å². The number of anilines is 1. The first kappa shape index (κ1) is 17.2. The van der Waals surface area contributed by atoms with E-state index in [2.05, 4.69) is 10.0 Å². The Labute approximate surface area is 151 Å². The lowest BCUT2D eigenvalue weighted by atomic mass is 9.73. The van der Waals surface area contributed by atoms with Crippen molar-refractivity contribution in [3.05, 3.63) is 59.4 Å². The number of halogens is 1. The van der Waals surface area contributed by atoms with Crippen LogP contribution in [0.2, 0.25) is 0 Å². The minimum absolute atomic E-state index is 0.192. The summed E-state index contributed by atoms with van der Waals surface area (Å²) in [5.41, 5.74) is 1.18. The first-order chi connectivity index (χ1) is 12.4. The number of carbonyl (C=O) groups excluding carboxylic acids is 1. The molecular weight excluding hydrogens is 355 g/mol. The summed E-state index contributed by atoms with van der Waals surface area (Å²) in [6.45, 7) is 0. The lowest BCUT2D eigenvalue weighted by Crippen LogP contribution is -2.50. The summed E-state index contributed by atoms with van der Waals surface area (Å²) in [5, 5.41) is 2.58. The number of rotatable bonds is 4. The van der Waals surface area contributed by atoms with E-state index in [-0.39, 0.29) is 17.2 Å². The molecule has 1 aliphatic carbocycles. The van der Waals surface area contributed by atoms with Crippen LogP contribution in [0.5, 0.6) is 0 Å². The molecule has 7 heteroatoms. The van der Waals surface area contributed by atoms with Crippen molar-refractivity contribution in [2.45, 2.75) is 42.5 Å². The Balaban J connectivity index is 1.70. The van der Waals surface area contributed by atoms with Crippen LogP contribution in [-0.2, 0) is 26.8 Å². The number of hydrogen-bond acceptors (Lipinski definition) is 3. The van der Waals surface area contributed by atoms with Gasteiger partial charge in [-0.05, 0) is 48.9 Å². The van der Waals surface area contributed by atoms with Crippen molar-refractivity contribution in [1.82, 2.24) is 4.72 Å². The highest BCUT2D eigenvalue weighted by Crippen LogP contribution is 2.42. The average molecular weight is 374 g/mol. The maximum absolute atomic E-state index is 14.5. The smallest absolute Gasteiger partial charge is 0.244 e. The molecule has 0 atom stereocenters. The number of hydrogen-bond donors (Lipinski definition) is 2. The number of amides is 1. The van der Waals surface area contributed by atoms with Crippen LogP contribution in [0, 0.1) is 5.82 Å². The van der Waals surface area contributed by atoms with Crippen LogP contribution in [-0.4, -0.2) is 14.3 Å². The van der Waals surface area contributed by atoms with Crippen LogP contribution in [0.25, 0.3) is 0 Å². The molecule has 0 spiro atoms. The molecule has 1 heterocycles. The molecule has 0 bridgehead atoms. The van der Waals surface area contributed by atoms with Crippen LogP contribution in [0.3, 0.4) is 0 Å². The average Bonchev–Trinajstić information content (AvgIpc) is 2.58. The molecule has 1 saturated carbocycles. The van der Waals surface area contributed by atoms with E-state index in [1.165, 1.54) is 6.07 Å². The second-order valence-electron chi connectivity index (χ2n) is 6.90. The summed E-state index contributed by atoms with van der Waals surface area (Å²) >= 11 is 0. The first-order valence-electron chi connectivity index (χ1n) is 8.61. The Morgan fingerprint density at radius 1 is 1.08 bits per heavy atom. The van der Waals surface area contributed by atoms with Gasteiger partial charge in [-0.2, -0.15) is 0 Å². The molecule has 1 amide bonds. The molecule has 1 fully saturated rings. The summed E-state index contributed by atoms with van der Waals surface area (Å²) in [6.07, 6.45) is 2.93. The van der Waals surface area contributed by atoms with Gasteiger partial charge in [0.1, 0.15) is 10.7 Å². The van der Waals surface area contributed by atoms with Crippen molar-refractivity contribution >= 4 is 21.6 Å². The maximum Gasteiger partial charge on any atom is 0.244 e. The van der Waals surface area contributed by atoms with Crippen molar-refractivity contribution in [2.75, 3.05) is 5.32 Å². The van der Waals surface area contributed by atoms with Gasteiger partial charge in [0.2, 0.25) is 15.9 Å². The summed E-state index contributed by atoms with van der Waals surface area (Å²) in [7, 11) is -4.04. The second-order valence-corrected chi connectivity index (χ2v) is 8.55. The minimum Gasteiger partial charge on any atom is -0.326 e. The van der Waals surface area contributed by atoms with E-state index in [4.69, 9.17) is 0 Å². The van der Waals surface area contributed by atoms with Gasteiger partial charge in [-0.25, -0.2) is 17.5 Å². The van der Waals surface area contributed by atoms with Crippen LogP contribution in [0.4, 0.5) is 10.1 Å². The first-order valence-corrected chi connectivity index (χ1v) is 10.1. The molecule has 2 aliphatic rings. The van der Waals surface area contributed by atoms with Crippen LogP contribution in [0.1, 0.15) is 36.8 Å². The highest BCUT2D eigenvalue weighted by molar-refractivity contribution is 7.89. The highest BCUT2D eigenvalue weighted by Gasteiger charge is 2.43. The predicted molar refractivity (Wildman–Crippen MR) is 95.6 cm³/mol. The highest BCUT2D eigenvalue weighted by atomic mass is 32.2. The maximum atomic E-state index is 14.5. The van der Waals surface area contributed by atoms with Gasteiger partial charge in [0, 0.05) is 12.1 Å². The van der Waals surface area contributed by atoms with Crippen molar-refractivity contribution in [3.8, 4) is 0 Å². The number of sulfonamides is 1. The van der Waals surface area contributed by atoms with E-state index in [1.807, 2.05) is 30.3 Å². The van der Waals surface area contributed by atoms with E-state index in [0.717, 1.165) is 18.1 Å². The Hall–Kier alpha value is -2.25. The normalized spacial score (nSPS) is 18.6. The van der Waals surface area contributed by atoms with Gasteiger partial charge in [-0.15, -0.1) is 0 Å². The number of aryl methyl sites for hydroxylation is 1. The van der Waals surface area contributed by atoms with Crippen molar-refractivity contribution in [3.63, 3.8) is 0 Å². The molecule has 2 aromatic carbocycles. The number of fused-ring (bicyclic) bond motifs is 1. The fourth-order valence-corrected chi connectivity index (χ4v) is 5.19. The van der Waals surface area contributed by atoms with Crippen molar-refractivity contribution < 1.29 is 17.6 Å². The number of nitrogens with one attached hydrogen (secondary N) is 2. The lowest BCUT2D eigenvalue weighted by Gasteiger charge is -2.42. The number of carbonyl (C=O) groups is 1. The lowest BCUT2D eigenvalue weighted by molar-refractivity contribution is -0.116. The van der Waals surface area contributed by atoms with Crippen LogP contribution in [0.15, 0.2) is 47.4 Å². The fourth-order valence-electron chi connectivity index (χ4n) is 3.63. The van der Waals surface area contributed by atoms with Crippen LogP contribution < -0.4 is 10.0 Å². The molecule has 5 nitrogen and oxygen atoms in total. The predicted octanol–water partition coefficient (Wildman–Crippen LogP) is 3.07. The van der Waals surface area contributed by atoms with Gasteiger partial charge in [-0.3, -0.25) is 4.79 Å². The third-order valence-electron chi connectivity index (χ3n) is 5.21. The van der Waals surface area contributed by atoms with E-state index in [9.17, 15) is 17.6 Å². The largest absolute Gasteiger partial charge is 0.326 e. The monoisotopic (exact) mass is 374 g/mol. The summed E-state index contributed by atoms with van der Waals surface area (Å²) in [5.74, 6) is -1.05. The zero-order valence-corrected chi connectivity index (χ0v) is 14.9.